The third kappa shape index (κ3) is 3.68. The number of halogens is 1. The van der Waals surface area contributed by atoms with Gasteiger partial charge in [-0.25, -0.2) is 4.99 Å². The molecule has 4 rings (SSSR count). The molecule has 2 aromatic carbocycles. The lowest BCUT2D eigenvalue weighted by atomic mass is 10.1. The van der Waals surface area contributed by atoms with Gasteiger partial charge in [0, 0.05) is 29.1 Å². The van der Waals surface area contributed by atoms with E-state index in [-0.39, 0.29) is 10.6 Å². The van der Waals surface area contributed by atoms with E-state index in [1.807, 2.05) is 35.7 Å². The van der Waals surface area contributed by atoms with Crippen LogP contribution in [0.2, 0.25) is 5.02 Å². The van der Waals surface area contributed by atoms with Crippen molar-refractivity contribution in [3.8, 4) is 11.3 Å². The molecule has 1 aliphatic carbocycles. The molecule has 1 aliphatic rings. The van der Waals surface area contributed by atoms with Crippen molar-refractivity contribution in [2.24, 2.45) is 4.99 Å². The summed E-state index contributed by atoms with van der Waals surface area (Å²) in [6, 6.07) is 14.7. The van der Waals surface area contributed by atoms with E-state index < -0.39 is 0 Å². The molecular formula is C20H18ClN3O2S. The molecule has 5 nitrogen and oxygen atoms in total. The topological polar surface area (TPSA) is 60.4 Å². The highest BCUT2D eigenvalue weighted by atomic mass is 35.5. The summed E-state index contributed by atoms with van der Waals surface area (Å²) >= 11 is 7.84. The molecule has 0 unspecified atom stereocenters. The molecule has 0 bridgehead atoms. The van der Waals surface area contributed by atoms with Crippen molar-refractivity contribution in [2.45, 2.75) is 31.7 Å². The van der Waals surface area contributed by atoms with E-state index in [9.17, 15) is 10.1 Å². The Kier molecular flexibility index (Phi) is 5.09. The van der Waals surface area contributed by atoms with E-state index in [4.69, 9.17) is 16.6 Å². The quantitative estimate of drug-likeness (QED) is 0.391. The number of rotatable bonds is 4. The monoisotopic (exact) mass is 399 g/mol. The van der Waals surface area contributed by atoms with Gasteiger partial charge in [0.25, 0.3) is 5.69 Å². The van der Waals surface area contributed by atoms with E-state index in [1.165, 1.54) is 18.9 Å². The average Bonchev–Trinajstić information content (AvgIpc) is 3.33. The van der Waals surface area contributed by atoms with Crippen molar-refractivity contribution in [1.82, 2.24) is 4.57 Å². The molecule has 0 saturated heterocycles. The summed E-state index contributed by atoms with van der Waals surface area (Å²) in [7, 11) is 0. The predicted octanol–water partition coefficient (Wildman–Crippen LogP) is 6.13. The molecule has 0 spiro atoms. The highest BCUT2D eigenvalue weighted by Gasteiger charge is 2.22. The summed E-state index contributed by atoms with van der Waals surface area (Å²) in [5.41, 5.74) is 2.65. The number of hydrogen-bond acceptors (Lipinski definition) is 4. The van der Waals surface area contributed by atoms with Crippen molar-refractivity contribution < 1.29 is 4.92 Å². The first-order valence-electron chi connectivity index (χ1n) is 8.87. The minimum Gasteiger partial charge on any atom is -0.313 e. The lowest BCUT2D eigenvalue weighted by Gasteiger charge is -2.16. The van der Waals surface area contributed by atoms with Crippen molar-refractivity contribution in [1.29, 1.82) is 0 Å². The van der Waals surface area contributed by atoms with Gasteiger partial charge in [-0.05, 0) is 25.0 Å². The zero-order valence-corrected chi connectivity index (χ0v) is 16.1. The van der Waals surface area contributed by atoms with Crippen LogP contribution in [0.4, 0.5) is 11.4 Å². The van der Waals surface area contributed by atoms with Gasteiger partial charge in [-0.15, -0.1) is 11.3 Å². The second-order valence-electron chi connectivity index (χ2n) is 6.58. The third-order valence-corrected chi connectivity index (χ3v) is 6.01. The summed E-state index contributed by atoms with van der Waals surface area (Å²) in [6.07, 6.45) is 4.56. The number of non-ortho nitro benzene ring substituents is 1. The molecule has 1 aromatic heterocycles. The van der Waals surface area contributed by atoms with Crippen molar-refractivity contribution in [3.63, 3.8) is 0 Å². The lowest BCUT2D eigenvalue weighted by molar-refractivity contribution is -0.384. The molecule has 138 valence electrons. The molecule has 1 fully saturated rings. The Bertz CT molecular complexity index is 1050. The highest BCUT2D eigenvalue weighted by molar-refractivity contribution is 7.07. The number of thiazole rings is 1. The van der Waals surface area contributed by atoms with Gasteiger partial charge in [0.05, 0.1) is 21.3 Å². The van der Waals surface area contributed by atoms with Crippen LogP contribution in [0.1, 0.15) is 31.7 Å². The molecular weight excluding hydrogens is 382 g/mol. The molecule has 1 heterocycles. The summed E-state index contributed by atoms with van der Waals surface area (Å²) in [5.74, 6) is 0. The van der Waals surface area contributed by atoms with Gasteiger partial charge in [-0.1, -0.05) is 48.7 Å². The SMILES string of the molecule is O=[N+]([O-])c1cccc(-c2csc(=Nc3ccccc3Cl)n2C2CCCC2)c1. The number of nitrogens with zero attached hydrogens (tertiary/aromatic N) is 3. The zero-order valence-electron chi connectivity index (χ0n) is 14.5. The molecule has 3 aromatic rings. The first kappa shape index (κ1) is 17.9. The predicted molar refractivity (Wildman–Crippen MR) is 109 cm³/mol. The number of nitro benzene ring substituents is 1. The first-order chi connectivity index (χ1) is 13.1. The van der Waals surface area contributed by atoms with Crippen LogP contribution in [0.3, 0.4) is 0 Å². The van der Waals surface area contributed by atoms with Gasteiger partial charge in [0.15, 0.2) is 4.80 Å². The van der Waals surface area contributed by atoms with Crippen LogP contribution in [0.25, 0.3) is 11.3 Å². The van der Waals surface area contributed by atoms with Crippen LogP contribution >= 0.6 is 22.9 Å². The summed E-state index contributed by atoms with van der Waals surface area (Å²) in [6.45, 7) is 0. The van der Waals surface area contributed by atoms with Crippen LogP contribution in [0, 0.1) is 10.1 Å². The van der Waals surface area contributed by atoms with Crippen LogP contribution in [0.5, 0.6) is 0 Å². The number of benzene rings is 2. The Morgan fingerprint density at radius 1 is 1.15 bits per heavy atom. The average molecular weight is 400 g/mol. The molecule has 1 saturated carbocycles. The fourth-order valence-corrected chi connectivity index (χ4v) is 4.71. The second kappa shape index (κ2) is 7.66. The van der Waals surface area contributed by atoms with Crippen LogP contribution in [0.15, 0.2) is 58.9 Å². The maximum absolute atomic E-state index is 11.2. The largest absolute Gasteiger partial charge is 0.313 e. The standard InChI is InChI=1S/C20H18ClN3O2S/c21-17-10-3-4-11-18(17)22-20-23(15-7-1-2-8-15)19(13-27-20)14-6-5-9-16(12-14)24(25)26/h3-6,9-13,15H,1-2,7-8H2. The molecule has 0 N–H and O–H groups in total. The minimum absolute atomic E-state index is 0.0984. The Hall–Kier alpha value is -2.44. The summed E-state index contributed by atoms with van der Waals surface area (Å²) in [5, 5.41) is 13.8. The Morgan fingerprint density at radius 3 is 2.67 bits per heavy atom. The van der Waals surface area contributed by atoms with Gasteiger partial charge in [0.1, 0.15) is 0 Å². The molecule has 0 aliphatic heterocycles. The van der Waals surface area contributed by atoms with Gasteiger partial charge in [0.2, 0.25) is 0 Å². The Morgan fingerprint density at radius 2 is 1.93 bits per heavy atom. The van der Waals surface area contributed by atoms with E-state index in [0.29, 0.717) is 11.1 Å². The molecule has 0 amide bonds. The zero-order chi connectivity index (χ0) is 18.8. The maximum Gasteiger partial charge on any atom is 0.270 e. The number of hydrogen-bond donors (Lipinski definition) is 0. The Labute approximate surface area is 165 Å². The molecule has 0 atom stereocenters. The molecule has 0 radical (unpaired) electrons. The fraction of sp³-hybridized carbons (Fsp3) is 0.250. The second-order valence-corrected chi connectivity index (χ2v) is 7.83. The highest BCUT2D eigenvalue weighted by Crippen LogP contribution is 2.34. The number of para-hydroxylation sites is 1. The van der Waals surface area contributed by atoms with Gasteiger partial charge < -0.3 is 4.57 Å². The molecule has 27 heavy (non-hydrogen) atoms. The van der Waals surface area contributed by atoms with Crippen molar-refractivity contribution in [2.75, 3.05) is 0 Å². The molecule has 7 heteroatoms. The normalized spacial score (nSPS) is 15.4. The third-order valence-electron chi connectivity index (χ3n) is 4.85. The van der Waals surface area contributed by atoms with Crippen LogP contribution < -0.4 is 4.80 Å². The number of nitro groups is 1. The van der Waals surface area contributed by atoms with Crippen LogP contribution in [-0.2, 0) is 0 Å². The maximum atomic E-state index is 11.2. The minimum atomic E-state index is -0.356. The van der Waals surface area contributed by atoms with E-state index >= 15 is 0 Å². The van der Waals surface area contributed by atoms with Crippen molar-refractivity contribution >= 4 is 34.3 Å². The Balaban J connectivity index is 1.89. The summed E-state index contributed by atoms with van der Waals surface area (Å²) < 4.78 is 2.24. The fourth-order valence-electron chi connectivity index (χ4n) is 3.55. The van der Waals surface area contributed by atoms with Gasteiger partial charge in [-0.2, -0.15) is 0 Å². The van der Waals surface area contributed by atoms with E-state index in [2.05, 4.69) is 4.57 Å². The van der Waals surface area contributed by atoms with Crippen LogP contribution in [-0.4, -0.2) is 9.49 Å². The summed E-state index contributed by atoms with van der Waals surface area (Å²) in [4.78, 5) is 16.5. The van der Waals surface area contributed by atoms with E-state index in [0.717, 1.165) is 34.6 Å². The smallest absolute Gasteiger partial charge is 0.270 e. The van der Waals surface area contributed by atoms with Crippen molar-refractivity contribution in [3.05, 3.63) is 73.8 Å². The van der Waals surface area contributed by atoms with E-state index in [1.54, 1.807) is 23.5 Å². The van der Waals surface area contributed by atoms with Gasteiger partial charge >= 0.3 is 0 Å². The van der Waals surface area contributed by atoms with Gasteiger partial charge in [-0.3, -0.25) is 10.1 Å². The lowest BCUT2D eigenvalue weighted by Crippen LogP contribution is -2.20. The first-order valence-corrected chi connectivity index (χ1v) is 10.1. The number of aromatic nitrogens is 1.